The summed E-state index contributed by atoms with van der Waals surface area (Å²) >= 11 is 0. The molecule has 3 heterocycles. The Morgan fingerprint density at radius 1 is 1.24 bits per heavy atom. The summed E-state index contributed by atoms with van der Waals surface area (Å²) in [6, 6.07) is 7.27. The molecule has 2 aliphatic rings. The summed E-state index contributed by atoms with van der Waals surface area (Å²) in [5.41, 5.74) is 2.23. The number of rotatable bonds is 3. The highest BCUT2D eigenvalue weighted by molar-refractivity contribution is 6.04. The van der Waals surface area contributed by atoms with Gasteiger partial charge in [0.25, 0.3) is 5.91 Å². The molecule has 130 valence electrons. The maximum Gasteiger partial charge on any atom is 0.257 e. The van der Waals surface area contributed by atoms with Crippen LogP contribution in [0.25, 0.3) is 0 Å². The Labute approximate surface area is 146 Å². The Hall–Kier alpha value is -2.76. The fraction of sp³-hybridized carbons (Fsp3) is 0.368. The second-order valence-electron chi connectivity index (χ2n) is 6.65. The lowest BCUT2D eigenvalue weighted by molar-refractivity contribution is 0.102. The molecule has 1 N–H and O–H groups in total. The van der Waals surface area contributed by atoms with Gasteiger partial charge in [-0.05, 0) is 37.0 Å². The van der Waals surface area contributed by atoms with Crippen LogP contribution in [0.4, 0.5) is 11.4 Å². The average Bonchev–Trinajstić information content (AvgIpc) is 3.09. The Kier molecular flexibility index (Phi) is 4.17. The van der Waals surface area contributed by atoms with Crippen molar-refractivity contribution >= 4 is 17.3 Å². The Bertz CT molecular complexity index is 793. The Morgan fingerprint density at radius 3 is 3.00 bits per heavy atom. The SMILES string of the molecule is CC1CCCN(c2cncc(C(=O)Nc3ccc4c(c3)OCO4)c2)C1. The van der Waals surface area contributed by atoms with Gasteiger partial charge < -0.3 is 19.7 Å². The zero-order chi connectivity index (χ0) is 17.2. The van der Waals surface area contributed by atoms with Crippen LogP contribution in [0.2, 0.25) is 0 Å². The van der Waals surface area contributed by atoms with Crippen molar-refractivity contribution in [3.8, 4) is 11.5 Å². The van der Waals surface area contributed by atoms with Gasteiger partial charge in [0.05, 0.1) is 17.4 Å². The van der Waals surface area contributed by atoms with Crippen LogP contribution < -0.4 is 19.7 Å². The number of benzene rings is 1. The van der Waals surface area contributed by atoms with Crippen LogP contribution in [0.5, 0.6) is 11.5 Å². The van der Waals surface area contributed by atoms with E-state index in [2.05, 4.69) is 22.1 Å². The minimum absolute atomic E-state index is 0.182. The van der Waals surface area contributed by atoms with E-state index >= 15 is 0 Å². The molecule has 0 aliphatic carbocycles. The first-order chi connectivity index (χ1) is 12.2. The van der Waals surface area contributed by atoms with Crippen molar-refractivity contribution in [1.82, 2.24) is 4.98 Å². The molecule has 4 rings (SSSR count). The molecular formula is C19H21N3O3. The molecule has 0 radical (unpaired) electrons. The normalized spacial score (nSPS) is 18.9. The first kappa shape index (κ1) is 15.7. The largest absolute Gasteiger partial charge is 0.454 e. The maximum absolute atomic E-state index is 12.6. The summed E-state index contributed by atoms with van der Waals surface area (Å²) < 4.78 is 10.6. The van der Waals surface area contributed by atoms with Gasteiger partial charge in [-0.25, -0.2) is 0 Å². The van der Waals surface area contributed by atoms with Crippen molar-refractivity contribution in [2.45, 2.75) is 19.8 Å². The molecule has 6 nitrogen and oxygen atoms in total. The Balaban J connectivity index is 1.49. The summed E-state index contributed by atoms with van der Waals surface area (Å²) in [4.78, 5) is 19.1. The highest BCUT2D eigenvalue weighted by Crippen LogP contribution is 2.34. The molecule has 1 unspecified atom stereocenters. The third-order valence-corrected chi connectivity index (χ3v) is 4.64. The molecule has 6 heteroatoms. The number of amides is 1. The molecule has 1 atom stereocenters. The molecule has 2 aliphatic heterocycles. The highest BCUT2D eigenvalue weighted by Gasteiger charge is 2.19. The molecule has 1 aromatic heterocycles. The van der Waals surface area contributed by atoms with Crippen molar-refractivity contribution in [2.24, 2.45) is 5.92 Å². The van der Waals surface area contributed by atoms with E-state index in [4.69, 9.17) is 9.47 Å². The smallest absolute Gasteiger partial charge is 0.257 e. The minimum Gasteiger partial charge on any atom is -0.454 e. The van der Waals surface area contributed by atoms with Crippen LogP contribution in [0.1, 0.15) is 30.1 Å². The summed E-state index contributed by atoms with van der Waals surface area (Å²) in [6.45, 7) is 4.50. The molecule has 0 bridgehead atoms. The van der Waals surface area contributed by atoms with Gasteiger partial charge in [0, 0.05) is 31.0 Å². The number of aromatic nitrogens is 1. The molecule has 1 amide bonds. The molecular weight excluding hydrogens is 318 g/mol. The topological polar surface area (TPSA) is 63.7 Å². The molecule has 0 saturated carbocycles. The predicted octanol–water partition coefficient (Wildman–Crippen LogP) is 3.30. The number of ether oxygens (including phenoxy) is 2. The van der Waals surface area contributed by atoms with E-state index in [1.807, 2.05) is 12.3 Å². The van der Waals surface area contributed by atoms with Crippen LogP contribution in [-0.4, -0.2) is 30.8 Å². The van der Waals surface area contributed by atoms with Crippen molar-refractivity contribution in [1.29, 1.82) is 0 Å². The number of piperidine rings is 1. The monoisotopic (exact) mass is 339 g/mol. The zero-order valence-corrected chi connectivity index (χ0v) is 14.2. The number of pyridine rings is 1. The molecule has 1 fully saturated rings. The first-order valence-electron chi connectivity index (χ1n) is 8.60. The van der Waals surface area contributed by atoms with Gasteiger partial charge in [-0.15, -0.1) is 0 Å². The van der Waals surface area contributed by atoms with Crippen LogP contribution in [0.15, 0.2) is 36.7 Å². The van der Waals surface area contributed by atoms with Crippen LogP contribution in [-0.2, 0) is 0 Å². The molecule has 1 saturated heterocycles. The maximum atomic E-state index is 12.6. The molecule has 25 heavy (non-hydrogen) atoms. The molecule has 0 spiro atoms. The Morgan fingerprint density at radius 2 is 2.12 bits per heavy atom. The third kappa shape index (κ3) is 3.38. The summed E-state index contributed by atoms with van der Waals surface area (Å²) in [5.74, 6) is 1.82. The van der Waals surface area contributed by atoms with Crippen molar-refractivity contribution in [3.63, 3.8) is 0 Å². The summed E-state index contributed by atoms with van der Waals surface area (Å²) in [7, 11) is 0. The number of nitrogens with one attached hydrogen (secondary N) is 1. The average molecular weight is 339 g/mol. The number of anilines is 2. The second-order valence-corrected chi connectivity index (χ2v) is 6.65. The second kappa shape index (κ2) is 6.63. The van der Waals surface area contributed by atoms with E-state index < -0.39 is 0 Å². The van der Waals surface area contributed by atoms with E-state index in [-0.39, 0.29) is 12.7 Å². The predicted molar refractivity (Wildman–Crippen MR) is 95.4 cm³/mol. The third-order valence-electron chi connectivity index (χ3n) is 4.64. The number of nitrogens with zero attached hydrogens (tertiary/aromatic N) is 2. The lowest BCUT2D eigenvalue weighted by atomic mass is 10.00. The summed E-state index contributed by atoms with van der Waals surface area (Å²) in [6.07, 6.45) is 5.86. The van der Waals surface area contributed by atoms with Crippen LogP contribution in [0, 0.1) is 5.92 Å². The van der Waals surface area contributed by atoms with Crippen molar-refractivity contribution < 1.29 is 14.3 Å². The summed E-state index contributed by atoms with van der Waals surface area (Å²) in [5, 5.41) is 2.89. The number of hydrogen-bond donors (Lipinski definition) is 1. The van der Waals surface area contributed by atoms with Gasteiger partial charge in [0.1, 0.15) is 0 Å². The lowest BCUT2D eigenvalue weighted by Crippen LogP contribution is -2.34. The van der Waals surface area contributed by atoms with Gasteiger partial charge in [0.15, 0.2) is 11.5 Å². The van der Waals surface area contributed by atoms with Gasteiger partial charge in [0.2, 0.25) is 6.79 Å². The van der Waals surface area contributed by atoms with E-state index in [9.17, 15) is 4.79 Å². The quantitative estimate of drug-likeness (QED) is 0.929. The van der Waals surface area contributed by atoms with Crippen LogP contribution in [0.3, 0.4) is 0 Å². The van der Waals surface area contributed by atoms with E-state index in [1.54, 1.807) is 24.4 Å². The van der Waals surface area contributed by atoms with Crippen LogP contribution >= 0.6 is 0 Å². The van der Waals surface area contributed by atoms with Gasteiger partial charge >= 0.3 is 0 Å². The standard InChI is InChI=1S/C19H21N3O3/c1-13-3-2-6-22(11-13)16-7-14(9-20-10-16)19(23)21-15-4-5-17-18(8-15)25-12-24-17/h4-5,7-10,13H,2-3,6,11-12H2,1H3,(H,21,23). The number of hydrogen-bond acceptors (Lipinski definition) is 5. The van der Waals surface area contributed by atoms with E-state index in [0.29, 0.717) is 28.7 Å². The van der Waals surface area contributed by atoms with Crippen molar-refractivity contribution in [2.75, 3.05) is 30.1 Å². The zero-order valence-electron chi connectivity index (χ0n) is 14.2. The first-order valence-corrected chi connectivity index (χ1v) is 8.60. The fourth-order valence-electron chi connectivity index (χ4n) is 3.33. The minimum atomic E-state index is -0.182. The highest BCUT2D eigenvalue weighted by atomic mass is 16.7. The van der Waals surface area contributed by atoms with E-state index in [1.165, 1.54) is 12.8 Å². The number of carbonyl (C=O) groups is 1. The van der Waals surface area contributed by atoms with Gasteiger partial charge in [-0.1, -0.05) is 6.92 Å². The lowest BCUT2D eigenvalue weighted by Gasteiger charge is -2.32. The number of carbonyl (C=O) groups excluding carboxylic acids is 1. The molecule has 2 aromatic rings. The van der Waals surface area contributed by atoms with Gasteiger partial charge in [-0.2, -0.15) is 0 Å². The number of fused-ring (bicyclic) bond motifs is 1. The van der Waals surface area contributed by atoms with Crippen molar-refractivity contribution in [3.05, 3.63) is 42.2 Å². The fourth-order valence-corrected chi connectivity index (χ4v) is 3.33. The molecule has 1 aromatic carbocycles. The van der Waals surface area contributed by atoms with Gasteiger partial charge in [-0.3, -0.25) is 9.78 Å². The van der Waals surface area contributed by atoms with E-state index in [0.717, 1.165) is 18.8 Å².